The van der Waals surface area contributed by atoms with E-state index in [2.05, 4.69) is 5.32 Å². The number of likely N-dealkylation sites (tertiary alicyclic amines) is 1. The second kappa shape index (κ2) is 7.98. The third kappa shape index (κ3) is 4.40. The van der Waals surface area contributed by atoms with E-state index in [1.54, 1.807) is 4.90 Å². The Morgan fingerprint density at radius 3 is 2.56 bits per heavy atom. The maximum absolute atomic E-state index is 12.9. The molecule has 0 saturated carbocycles. The number of carboxylic acid groups (broad SMARTS) is 1. The summed E-state index contributed by atoms with van der Waals surface area (Å²) in [6.45, 7) is 5.28. The first kappa shape index (κ1) is 19.2. The van der Waals surface area contributed by atoms with Crippen LogP contribution in [0.4, 0.5) is 10.5 Å². The van der Waals surface area contributed by atoms with Gasteiger partial charge in [-0.3, -0.25) is 9.59 Å². The third-order valence-corrected chi connectivity index (χ3v) is 5.38. The molecule has 0 bridgehead atoms. The van der Waals surface area contributed by atoms with Gasteiger partial charge in [-0.1, -0.05) is 24.6 Å². The quantitative estimate of drug-likeness (QED) is 0.850. The first-order chi connectivity index (χ1) is 12.8. The third-order valence-electron chi connectivity index (χ3n) is 5.38. The number of nitrogens with one attached hydrogen (secondary N) is 1. The van der Waals surface area contributed by atoms with Gasteiger partial charge in [-0.2, -0.15) is 0 Å². The summed E-state index contributed by atoms with van der Waals surface area (Å²) >= 11 is 0. The van der Waals surface area contributed by atoms with E-state index >= 15 is 0 Å². The molecule has 2 N–H and O–H groups in total. The van der Waals surface area contributed by atoms with Crippen LogP contribution >= 0.6 is 0 Å². The predicted molar refractivity (Wildman–Crippen MR) is 102 cm³/mol. The van der Waals surface area contributed by atoms with Gasteiger partial charge in [-0.25, -0.2) is 4.79 Å². The van der Waals surface area contributed by atoms with Gasteiger partial charge in [0.05, 0.1) is 5.92 Å². The average Bonchev–Trinajstić information content (AvgIpc) is 2.63. The fraction of sp³-hybridized carbons (Fsp3) is 0.550. The van der Waals surface area contributed by atoms with Crippen molar-refractivity contribution in [3.8, 4) is 0 Å². The molecular formula is C20H27N3O4. The molecule has 3 atom stereocenters. The van der Waals surface area contributed by atoms with Crippen LogP contribution in [0.25, 0.3) is 0 Å². The Morgan fingerprint density at radius 2 is 1.89 bits per heavy atom. The summed E-state index contributed by atoms with van der Waals surface area (Å²) < 4.78 is 0. The molecule has 2 saturated heterocycles. The molecule has 2 heterocycles. The lowest BCUT2D eigenvalue weighted by atomic mass is 9.91. The largest absolute Gasteiger partial charge is 0.481 e. The molecule has 2 aliphatic heterocycles. The van der Waals surface area contributed by atoms with E-state index in [1.165, 1.54) is 4.90 Å². The molecule has 27 heavy (non-hydrogen) atoms. The van der Waals surface area contributed by atoms with E-state index in [0.29, 0.717) is 25.9 Å². The number of urea groups is 1. The number of hydrogen-bond donors (Lipinski definition) is 2. The minimum Gasteiger partial charge on any atom is -0.481 e. The summed E-state index contributed by atoms with van der Waals surface area (Å²) in [6, 6.07) is 6.84. The van der Waals surface area contributed by atoms with Crippen molar-refractivity contribution >= 4 is 23.6 Å². The zero-order valence-electron chi connectivity index (χ0n) is 15.9. The van der Waals surface area contributed by atoms with Crippen LogP contribution in [-0.2, 0) is 9.59 Å². The molecule has 7 heteroatoms. The van der Waals surface area contributed by atoms with Crippen molar-refractivity contribution < 1.29 is 19.5 Å². The van der Waals surface area contributed by atoms with Gasteiger partial charge in [0, 0.05) is 25.3 Å². The number of benzene rings is 1. The Kier molecular flexibility index (Phi) is 5.68. The highest BCUT2D eigenvalue weighted by Crippen LogP contribution is 2.24. The SMILES string of the molecule is Cc1ccc(N2CCCC(NC(=O)N3CC(C)CC(C(=O)O)C3)C2=O)cc1. The number of carbonyl (C=O) groups is 3. The number of piperidine rings is 2. The van der Waals surface area contributed by atoms with Crippen molar-refractivity contribution in [2.45, 2.75) is 39.2 Å². The Balaban J connectivity index is 1.65. The standard InChI is InChI=1S/C20H27N3O4/c1-13-5-7-16(8-6-13)23-9-3-4-17(18(23)24)21-20(27)22-11-14(2)10-15(12-22)19(25)26/h5-8,14-15,17H,3-4,9-12H2,1-2H3,(H,21,27)(H,25,26). The second-order valence-electron chi connectivity index (χ2n) is 7.75. The van der Waals surface area contributed by atoms with Crippen LogP contribution in [0, 0.1) is 18.8 Å². The van der Waals surface area contributed by atoms with Crippen LogP contribution in [0.2, 0.25) is 0 Å². The number of rotatable bonds is 3. The number of carboxylic acids is 1. The molecule has 3 amide bonds. The van der Waals surface area contributed by atoms with Gasteiger partial charge in [-0.15, -0.1) is 0 Å². The Bertz CT molecular complexity index is 718. The highest BCUT2D eigenvalue weighted by Gasteiger charge is 2.35. The maximum Gasteiger partial charge on any atom is 0.318 e. The number of carbonyl (C=O) groups excluding carboxylic acids is 2. The first-order valence-electron chi connectivity index (χ1n) is 9.51. The summed E-state index contributed by atoms with van der Waals surface area (Å²) in [5, 5.41) is 12.1. The van der Waals surface area contributed by atoms with Gasteiger partial charge in [0.25, 0.3) is 0 Å². The summed E-state index contributed by atoms with van der Waals surface area (Å²) in [5.74, 6) is -1.42. The Morgan fingerprint density at radius 1 is 1.19 bits per heavy atom. The number of amides is 3. The van der Waals surface area contributed by atoms with Gasteiger partial charge < -0.3 is 20.2 Å². The van der Waals surface area contributed by atoms with E-state index in [0.717, 1.165) is 17.7 Å². The number of nitrogens with zero attached hydrogens (tertiary/aromatic N) is 2. The average molecular weight is 373 g/mol. The van der Waals surface area contributed by atoms with Crippen molar-refractivity contribution in [1.29, 1.82) is 0 Å². The highest BCUT2D eigenvalue weighted by atomic mass is 16.4. The normalized spacial score (nSPS) is 26.0. The number of aryl methyl sites for hydroxylation is 1. The molecule has 146 valence electrons. The fourth-order valence-corrected chi connectivity index (χ4v) is 3.93. The maximum atomic E-state index is 12.9. The number of hydrogen-bond acceptors (Lipinski definition) is 3. The minimum absolute atomic E-state index is 0.113. The smallest absolute Gasteiger partial charge is 0.318 e. The van der Waals surface area contributed by atoms with Gasteiger partial charge in [0.15, 0.2) is 0 Å². The lowest BCUT2D eigenvalue weighted by Gasteiger charge is -2.37. The van der Waals surface area contributed by atoms with Gasteiger partial charge >= 0.3 is 12.0 Å². The lowest BCUT2D eigenvalue weighted by Crippen LogP contribution is -2.57. The van der Waals surface area contributed by atoms with E-state index in [1.807, 2.05) is 38.1 Å². The van der Waals surface area contributed by atoms with Crippen LogP contribution in [0.3, 0.4) is 0 Å². The monoisotopic (exact) mass is 373 g/mol. The molecule has 3 rings (SSSR count). The summed E-state index contributed by atoms with van der Waals surface area (Å²) in [5.41, 5.74) is 1.96. The van der Waals surface area contributed by atoms with Crippen molar-refractivity contribution in [3.63, 3.8) is 0 Å². The van der Waals surface area contributed by atoms with Crippen molar-refractivity contribution in [2.24, 2.45) is 11.8 Å². The van der Waals surface area contributed by atoms with E-state index in [-0.39, 0.29) is 24.4 Å². The molecule has 1 aromatic rings. The van der Waals surface area contributed by atoms with Crippen LogP contribution in [0.5, 0.6) is 0 Å². The van der Waals surface area contributed by atoms with Crippen molar-refractivity contribution in [3.05, 3.63) is 29.8 Å². The molecular weight excluding hydrogens is 346 g/mol. The van der Waals surface area contributed by atoms with E-state index in [9.17, 15) is 19.5 Å². The van der Waals surface area contributed by atoms with Crippen molar-refractivity contribution in [1.82, 2.24) is 10.2 Å². The first-order valence-corrected chi connectivity index (χ1v) is 9.51. The molecule has 0 spiro atoms. The molecule has 0 radical (unpaired) electrons. The van der Waals surface area contributed by atoms with E-state index < -0.39 is 17.9 Å². The minimum atomic E-state index is -0.876. The highest BCUT2D eigenvalue weighted by molar-refractivity contribution is 5.99. The lowest BCUT2D eigenvalue weighted by molar-refractivity contribution is -0.143. The van der Waals surface area contributed by atoms with Crippen molar-refractivity contribution in [2.75, 3.05) is 24.5 Å². The van der Waals surface area contributed by atoms with Crippen LogP contribution < -0.4 is 10.2 Å². The van der Waals surface area contributed by atoms with E-state index in [4.69, 9.17) is 0 Å². The molecule has 0 aromatic heterocycles. The van der Waals surface area contributed by atoms with Crippen LogP contribution in [-0.4, -0.2) is 53.6 Å². The molecule has 2 fully saturated rings. The molecule has 2 aliphatic rings. The van der Waals surface area contributed by atoms with Gasteiger partial charge in [0.1, 0.15) is 6.04 Å². The number of anilines is 1. The zero-order chi connectivity index (χ0) is 19.6. The molecule has 3 unspecified atom stereocenters. The molecule has 1 aromatic carbocycles. The Hall–Kier alpha value is -2.57. The fourth-order valence-electron chi connectivity index (χ4n) is 3.93. The van der Waals surface area contributed by atoms with Crippen LogP contribution in [0.15, 0.2) is 24.3 Å². The summed E-state index contributed by atoms with van der Waals surface area (Å²) in [4.78, 5) is 40.1. The number of aliphatic carboxylic acids is 1. The summed E-state index contributed by atoms with van der Waals surface area (Å²) in [7, 11) is 0. The zero-order valence-corrected chi connectivity index (χ0v) is 15.9. The van der Waals surface area contributed by atoms with Gasteiger partial charge in [-0.05, 0) is 44.2 Å². The molecule has 0 aliphatic carbocycles. The predicted octanol–water partition coefficient (Wildman–Crippen LogP) is 2.24. The second-order valence-corrected chi connectivity index (χ2v) is 7.75. The molecule has 7 nitrogen and oxygen atoms in total. The summed E-state index contributed by atoms with van der Waals surface area (Å²) in [6.07, 6.45) is 1.97. The van der Waals surface area contributed by atoms with Crippen LogP contribution in [0.1, 0.15) is 31.7 Å². The topological polar surface area (TPSA) is 90.0 Å². The Labute approximate surface area is 159 Å². The van der Waals surface area contributed by atoms with Gasteiger partial charge in [0.2, 0.25) is 5.91 Å².